The van der Waals surface area contributed by atoms with Gasteiger partial charge in [-0.05, 0) is 12.1 Å². The Morgan fingerprint density at radius 3 is 2.80 bits per heavy atom. The number of pyridine rings is 1. The molecule has 0 saturated heterocycles. The normalized spacial score (nSPS) is 9.30. The monoisotopic (exact) mass is 140 g/mol. The lowest BCUT2D eigenvalue weighted by Crippen LogP contribution is -1.96. The second-order valence-corrected chi connectivity index (χ2v) is 1.73. The molecule has 0 fully saturated rings. The Hall–Kier alpha value is -1.45. The van der Waals surface area contributed by atoms with Crippen molar-refractivity contribution in [3.8, 4) is 0 Å². The molecule has 2 N–H and O–H groups in total. The molecule has 0 aliphatic carbocycles. The predicted octanol–water partition coefficient (Wildman–Crippen LogP) is 0.615. The van der Waals surface area contributed by atoms with Gasteiger partial charge >= 0.3 is 0 Å². The van der Waals surface area contributed by atoms with Crippen LogP contribution in [-0.4, -0.2) is 11.3 Å². The number of rotatable bonds is 1. The number of aromatic nitrogens is 1. The number of halogens is 1. The lowest BCUT2D eigenvalue weighted by Gasteiger charge is -1.93. The molecule has 52 valence electrons. The molecule has 1 rings (SSSR count). The minimum Gasteiger partial charge on any atom is -0.395 e. The van der Waals surface area contributed by atoms with Crippen molar-refractivity contribution in [1.82, 2.24) is 4.98 Å². The van der Waals surface area contributed by atoms with E-state index in [9.17, 15) is 9.18 Å². The van der Waals surface area contributed by atoms with E-state index in [1.807, 2.05) is 0 Å². The number of nitrogens with two attached hydrogens (primary N) is 1. The van der Waals surface area contributed by atoms with Crippen LogP contribution in [0.1, 0.15) is 10.5 Å². The maximum Gasteiger partial charge on any atom is 0.236 e. The van der Waals surface area contributed by atoms with Crippen LogP contribution in [0.3, 0.4) is 0 Å². The van der Waals surface area contributed by atoms with Crippen molar-refractivity contribution < 1.29 is 9.18 Å². The van der Waals surface area contributed by atoms with Crippen LogP contribution in [0.4, 0.5) is 10.1 Å². The summed E-state index contributed by atoms with van der Waals surface area (Å²) in [5, 5.41) is 0. The van der Waals surface area contributed by atoms with Crippen LogP contribution in [0, 0.1) is 5.95 Å². The zero-order valence-electron chi connectivity index (χ0n) is 5.04. The Labute approximate surface area is 56.7 Å². The summed E-state index contributed by atoms with van der Waals surface area (Å²) in [7, 11) is 0. The molecule has 0 aliphatic heterocycles. The minimum absolute atomic E-state index is 0.0479. The van der Waals surface area contributed by atoms with Crippen LogP contribution < -0.4 is 5.73 Å². The Morgan fingerprint density at radius 1 is 1.60 bits per heavy atom. The van der Waals surface area contributed by atoms with Crippen molar-refractivity contribution in [3.63, 3.8) is 0 Å². The largest absolute Gasteiger partial charge is 0.395 e. The smallest absolute Gasteiger partial charge is 0.236 e. The average molecular weight is 140 g/mol. The topological polar surface area (TPSA) is 56.0 Å². The molecule has 0 amide bonds. The second kappa shape index (κ2) is 2.43. The van der Waals surface area contributed by atoms with Crippen LogP contribution in [0.15, 0.2) is 12.1 Å². The molecule has 0 atom stereocenters. The van der Waals surface area contributed by atoms with Crippen LogP contribution in [0.2, 0.25) is 0 Å². The summed E-state index contributed by atoms with van der Waals surface area (Å²) in [6, 6.07) is 2.65. The first kappa shape index (κ1) is 6.67. The van der Waals surface area contributed by atoms with Crippen LogP contribution >= 0.6 is 0 Å². The summed E-state index contributed by atoms with van der Waals surface area (Å²) in [4.78, 5) is 13.2. The third-order valence-electron chi connectivity index (χ3n) is 1.02. The van der Waals surface area contributed by atoms with Gasteiger partial charge in [0.05, 0.1) is 5.69 Å². The van der Waals surface area contributed by atoms with E-state index in [-0.39, 0.29) is 11.4 Å². The maximum atomic E-state index is 12.4. The quantitative estimate of drug-likeness (QED) is 0.459. The maximum absolute atomic E-state index is 12.4. The number of hydrogen-bond donors (Lipinski definition) is 1. The standard InChI is InChI=1S/C6H5FN2O/c7-6-5(8)2-1-4(3-10)9-6/h1-3H,8H2. The second-order valence-electron chi connectivity index (χ2n) is 1.73. The van der Waals surface area contributed by atoms with Gasteiger partial charge in [0, 0.05) is 0 Å². The fourth-order valence-corrected chi connectivity index (χ4v) is 0.525. The molecule has 0 unspecified atom stereocenters. The van der Waals surface area contributed by atoms with Gasteiger partial charge in [-0.15, -0.1) is 0 Å². The van der Waals surface area contributed by atoms with E-state index in [0.717, 1.165) is 0 Å². The Bertz CT molecular complexity index is 262. The highest BCUT2D eigenvalue weighted by atomic mass is 19.1. The Balaban J connectivity index is 3.16. The fourth-order valence-electron chi connectivity index (χ4n) is 0.525. The highest BCUT2D eigenvalue weighted by Crippen LogP contribution is 2.05. The number of anilines is 1. The van der Waals surface area contributed by atoms with Crippen molar-refractivity contribution in [1.29, 1.82) is 0 Å². The van der Waals surface area contributed by atoms with E-state index >= 15 is 0 Å². The molecule has 0 saturated carbocycles. The van der Waals surface area contributed by atoms with Crippen molar-refractivity contribution in [2.45, 2.75) is 0 Å². The lowest BCUT2D eigenvalue weighted by atomic mass is 10.3. The predicted molar refractivity (Wildman–Crippen MR) is 34.0 cm³/mol. The number of nitrogens with zero attached hydrogens (tertiary/aromatic N) is 1. The Morgan fingerprint density at radius 2 is 2.30 bits per heavy atom. The van der Waals surface area contributed by atoms with Gasteiger partial charge in [-0.2, -0.15) is 4.39 Å². The molecule has 0 aliphatic rings. The van der Waals surface area contributed by atoms with Gasteiger partial charge in [0.15, 0.2) is 6.29 Å². The summed E-state index contributed by atoms with van der Waals surface area (Å²) >= 11 is 0. The zero-order chi connectivity index (χ0) is 7.56. The van der Waals surface area contributed by atoms with Crippen LogP contribution in [0.25, 0.3) is 0 Å². The number of carbonyl (C=O) groups excluding carboxylic acids is 1. The molecule has 10 heavy (non-hydrogen) atoms. The van der Waals surface area contributed by atoms with Crippen molar-refractivity contribution in [2.75, 3.05) is 5.73 Å². The van der Waals surface area contributed by atoms with Gasteiger partial charge in [0.1, 0.15) is 5.69 Å². The molecule has 3 nitrogen and oxygen atoms in total. The van der Waals surface area contributed by atoms with E-state index in [4.69, 9.17) is 5.73 Å². The summed E-state index contributed by atoms with van der Waals surface area (Å²) < 4.78 is 12.4. The molecule has 4 heteroatoms. The van der Waals surface area contributed by atoms with Gasteiger partial charge in [-0.3, -0.25) is 4.79 Å². The highest BCUT2D eigenvalue weighted by molar-refractivity contribution is 5.72. The zero-order valence-corrected chi connectivity index (χ0v) is 5.04. The Kier molecular flexibility index (Phi) is 1.62. The van der Waals surface area contributed by atoms with Gasteiger partial charge in [-0.1, -0.05) is 0 Å². The molecule has 1 aromatic rings. The van der Waals surface area contributed by atoms with E-state index in [0.29, 0.717) is 6.29 Å². The molecule has 0 radical (unpaired) electrons. The van der Waals surface area contributed by atoms with Crippen molar-refractivity contribution >= 4 is 12.0 Å². The molecular formula is C6H5FN2O. The third-order valence-corrected chi connectivity index (χ3v) is 1.02. The minimum atomic E-state index is -0.801. The first-order valence-corrected chi connectivity index (χ1v) is 2.61. The average Bonchev–Trinajstić information content (AvgIpc) is 1.95. The number of aldehydes is 1. The number of hydrogen-bond acceptors (Lipinski definition) is 3. The lowest BCUT2D eigenvalue weighted by molar-refractivity contribution is 0.111. The van der Waals surface area contributed by atoms with Crippen molar-refractivity contribution in [3.05, 3.63) is 23.8 Å². The first-order chi connectivity index (χ1) is 4.74. The SMILES string of the molecule is Nc1ccc(C=O)nc1F. The number of nitrogen functional groups attached to an aromatic ring is 1. The molecule has 1 aromatic heterocycles. The van der Waals surface area contributed by atoms with E-state index in [1.54, 1.807) is 0 Å². The molecule has 0 aromatic carbocycles. The fraction of sp³-hybridized carbons (Fsp3) is 0. The van der Waals surface area contributed by atoms with Crippen LogP contribution in [-0.2, 0) is 0 Å². The van der Waals surface area contributed by atoms with E-state index in [1.165, 1.54) is 12.1 Å². The van der Waals surface area contributed by atoms with Gasteiger partial charge in [0.2, 0.25) is 5.95 Å². The molecule has 0 spiro atoms. The van der Waals surface area contributed by atoms with Gasteiger partial charge < -0.3 is 5.73 Å². The summed E-state index contributed by atoms with van der Waals surface area (Å²) in [6.07, 6.45) is 0.461. The van der Waals surface area contributed by atoms with Gasteiger partial charge in [0.25, 0.3) is 0 Å². The molecular weight excluding hydrogens is 135 g/mol. The van der Waals surface area contributed by atoms with Gasteiger partial charge in [-0.25, -0.2) is 4.98 Å². The molecule has 1 heterocycles. The highest BCUT2D eigenvalue weighted by Gasteiger charge is 1.98. The number of carbonyl (C=O) groups is 1. The molecule has 0 bridgehead atoms. The summed E-state index contributed by atoms with van der Waals surface area (Å²) in [5.41, 5.74) is 5.09. The summed E-state index contributed by atoms with van der Waals surface area (Å²) in [5.74, 6) is -0.801. The summed E-state index contributed by atoms with van der Waals surface area (Å²) in [6.45, 7) is 0. The first-order valence-electron chi connectivity index (χ1n) is 2.61. The third kappa shape index (κ3) is 1.10. The van der Waals surface area contributed by atoms with E-state index in [2.05, 4.69) is 4.98 Å². The van der Waals surface area contributed by atoms with Crippen molar-refractivity contribution in [2.24, 2.45) is 0 Å². The van der Waals surface area contributed by atoms with Crippen LogP contribution in [0.5, 0.6) is 0 Å². The van der Waals surface area contributed by atoms with E-state index < -0.39 is 5.95 Å².